The smallest absolute Gasteiger partial charge is 0.134 e. The number of nitrogens with one attached hydrogen (secondary N) is 1. The molecule has 0 radical (unpaired) electrons. The van der Waals surface area contributed by atoms with Gasteiger partial charge in [-0.1, -0.05) is 18.5 Å². The predicted molar refractivity (Wildman–Crippen MR) is 72.9 cm³/mol. The third-order valence-electron chi connectivity index (χ3n) is 3.61. The molecule has 1 heterocycles. The molecule has 1 fully saturated rings. The van der Waals surface area contributed by atoms with Gasteiger partial charge in [0.05, 0.1) is 5.60 Å². The standard InChI is InChI=1S/C13H20ClN3O/c1-9-3-5-13(18,6-4-9)8-15-12-7-11(14)16-10(2)17-12/h7,9,18H,3-6,8H2,1-2H3,(H,15,16,17). The van der Waals surface area contributed by atoms with Gasteiger partial charge in [0.15, 0.2) is 0 Å². The molecule has 0 saturated heterocycles. The third kappa shape index (κ3) is 3.56. The van der Waals surface area contributed by atoms with Crippen molar-refractivity contribution in [3.8, 4) is 0 Å². The summed E-state index contributed by atoms with van der Waals surface area (Å²) in [7, 11) is 0. The summed E-state index contributed by atoms with van der Waals surface area (Å²) in [6.07, 6.45) is 3.86. The fourth-order valence-corrected chi connectivity index (χ4v) is 2.58. The van der Waals surface area contributed by atoms with Crippen LogP contribution >= 0.6 is 11.6 Å². The summed E-state index contributed by atoms with van der Waals surface area (Å²) in [5, 5.41) is 14.0. The minimum atomic E-state index is -0.613. The Hall–Kier alpha value is -0.870. The SMILES string of the molecule is Cc1nc(Cl)cc(NCC2(O)CCC(C)CC2)n1. The van der Waals surface area contributed by atoms with Gasteiger partial charge in [0.2, 0.25) is 0 Å². The van der Waals surface area contributed by atoms with Crippen LogP contribution in [0.15, 0.2) is 6.07 Å². The molecule has 1 aliphatic rings. The average Bonchev–Trinajstić information content (AvgIpc) is 2.30. The van der Waals surface area contributed by atoms with E-state index in [0.29, 0.717) is 23.3 Å². The first-order valence-electron chi connectivity index (χ1n) is 6.44. The first kappa shape index (κ1) is 13.6. The fraction of sp³-hybridized carbons (Fsp3) is 0.692. The van der Waals surface area contributed by atoms with Gasteiger partial charge in [-0.25, -0.2) is 9.97 Å². The van der Waals surface area contributed by atoms with Crippen molar-refractivity contribution in [2.45, 2.75) is 45.1 Å². The van der Waals surface area contributed by atoms with Gasteiger partial charge in [0.1, 0.15) is 16.8 Å². The van der Waals surface area contributed by atoms with E-state index in [0.717, 1.165) is 31.6 Å². The van der Waals surface area contributed by atoms with Crippen molar-refractivity contribution in [3.05, 3.63) is 17.0 Å². The van der Waals surface area contributed by atoms with Gasteiger partial charge in [0.25, 0.3) is 0 Å². The van der Waals surface area contributed by atoms with Gasteiger partial charge in [-0.05, 0) is 38.5 Å². The molecule has 0 aliphatic heterocycles. The van der Waals surface area contributed by atoms with Crippen LogP contribution in [0.5, 0.6) is 0 Å². The van der Waals surface area contributed by atoms with Crippen molar-refractivity contribution in [2.75, 3.05) is 11.9 Å². The van der Waals surface area contributed by atoms with Crippen LogP contribution in [0.2, 0.25) is 5.15 Å². The lowest BCUT2D eigenvalue weighted by Crippen LogP contribution is -2.40. The molecule has 0 amide bonds. The van der Waals surface area contributed by atoms with E-state index in [9.17, 15) is 5.11 Å². The van der Waals surface area contributed by atoms with E-state index in [4.69, 9.17) is 11.6 Å². The molecular formula is C13H20ClN3O. The predicted octanol–water partition coefficient (Wildman–Crippen LogP) is 2.79. The van der Waals surface area contributed by atoms with Gasteiger partial charge in [-0.15, -0.1) is 0 Å². The van der Waals surface area contributed by atoms with Gasteiger partial charge >= 0.3 is 0 Å². The van der Waals surface area contributed by atoms with Gasteiger partial charge < -0.3 is 10.4 Å². The zero-order valence-corrected chi connectivity index (χ0v) is 11.7. The van der Waals surface area contributed by atoms with E-state index >= 15 is 0 Å². The molecule has 1 saturated carbocycles. The van der Waals surface area contributed by atoms with Gasteiger partial charge in [-0.2, -0.15) is 0 Å². The lowest BCUT2D eigenvalue weighted by Gasteiger charge is -2.35. The van der Waals surface area contributed by atoms with E-state index in [-0.39, 0.29) is 0 Å². The highest BCUT2D eigenvalue weighted by Gasteiger charge is 2.31. The highest BCUT2D eigenvalue weighted by molar-refractivity contribution is 6.29. The van der Waals surface area contributed by atoms with Crippen molar-refractivity contribution in [1.82, 2.24) is 9.97 Å². The van der Waals surface area contributed by atoms with E-state index in [1.54, 1.807) is 13.0 Å². The number of hydrogen-bond donors (Lipinski definition) is 2. The molecule has 18 heavy (non-hydrogen) atoms. The normalized spacial score (nSPS) is 28.1. The number of nitrogens with zero attached hydrogens (tertiary/aromatic N) is 2. The lowest BCUT2D eigenvalue weighted by atomic mass is 9.79. The van der Waals surface area contributed by atoms with Crippen molar-refractivity contribution in [1.29, 1.82) is 0 Å². The molecule has 0 aromatic carbocycles. The molecule has 4 nitrogen and oxygen atoms in total. The molecular weight excluding hydrogens is 250 g/mol. The number of aromatic nitrogens is 2. The first-order chi connectivity index (χ1) is 8.47. The number of hydrogen-bond acceptors (Lipinski definition) is 4. The van der Waals surface area contributed by atoms with E-state index < -0.39 is 5.60 Å². The van der Waals surface area contributed by atoms with Crippen LogP contribution < -0.4 is 5.32 Å². The minimum Gasteiger partial charge on any atom is -0.388 e. The number of rotatable bonds is 3. The Morgan fingerprint density at radius 3 is 2.72 bits per heavy atom. The summed E-state index contributed by atoms with van der Waals surface area (Å²) in [6, 6.07) is 1.68. The Labute approximate surface area is 113 Å². The third-order valence-corrected chi connectivity index (χ3v) is 3.80. The summed E-state index contributed by atoms with van der Waals surface area (Å²) in [5.41, 5.74) is -0.613. The second kappa shape index (κ2) is 5.41. The maximum atomic E-state index is 10.5. The lowest BCUT2D eigenvalue weighted by molar-refractivity contribution is 0.00494. The molecule has 1 aromatic heterocycles. The van der Waals surface area contributed by atoms with Gasteiger partial charge in [0, 0.05) is 12.6 Å². The minimum absolute atomic E-state index is 0.425. The van der Waals surface area contributed by atoms with Crippen LogP contribution in [-0.4, -0.2) is 27.2 Å². The Morgan fingerprint density at radius 2 is 2.11 bits per heavy atom. The molecule has 0 bridgehead atoms. The first-order valence-corrected chi connectivity index (χ1v) is 6.82. The van der Waals surface area contributed by atoms with E-state index in [2.05, 4.69) is 22.2 Å². The largest absolute Gasteiger partial charge is 0.388 e. The van der Waals surface area contributed by atoms with Crippen LogP contribution in [0.4, 0.5) is 5.82 Å². The topological polar surface area (TPSA) is 58.0 Å². The molecule has 100 valence electrons. The van der Waals surface area contributed by atoms with E-state index in [1.165, 1.54) is 0 Å². The van der Waals surface area contributed by atoms with Crippen molar-refractivity contribution < 1.29 is 5.11 Å². The highest BCUT2D eigenvalue weighted by Crippen LogP contribution is 2.31. The van der Waals surface area contributed by atoms with Crippen LogP contribution in [-0.2, 0) is 0 Å². The maximum absolute atomic E-state index is 10.5. The summed E-state index contributed by atoms with van der Waals surface area (Å²) in [4.78, 5) is 8.25. The molecule has 2 N–H and O–H groups in total. The summed E-state index contributed by atoms with van der Waals surface area (Å²) < 4.78 is 0. The number of aryl methyl sites for hydroxylation is 1. The van der Waals surface area contributed by atoms with Crippen molar-refractivity contribution in [2.24, 2.45) is 5.92 Å². The fourth-order valence-electron chi connectivity index (χ4n) is 2.35. The Kier molecular flexibility index (Phi) is 4.07. The molecule has 0 atom stereocenters. The van der Waals surface area contributed by atoms with Crippen LogP contribution in [0, 0.1) is 12.8 Å². The van der Waals surface area contributed by atoms with Crippen molar-refractivity contribution in [3.63, 3.8) is 0 Å². The number of aliphatic hydroxyl groups is 1. The van der Waals surface area contributed by atoms with Crippen LogP contribution in [0.25, 0.3) is 0 Å². The summed E-state index contributed by atoms with van der Waals surface area (Å²) in [6.45, 7) is 4.56. The average molecular weight is 270 g/mol. The second-order valence-electron chi connectivity index (χ2n) is 5.38. The highest BCUT2D eigenvalue weighted by atomic mass is 35.5. The summed E-state index contributed by atoms with van der Waals surface area (Å²) in [5.74, 6) is 2.04. The van der Waals surface area contributed by atoms with E-state index in [1.807, 2.05) is 0 Å². The van der Waals surface area contributed by atoms with Crippen LogP contribution in [0.3, 0.4) is 0 Å². The second-order valence-corrected chi connectivity index (χ2v) is 5.77. The van der Waals surface area contributed by atoms with Crippen molar-refractivity contribution >= 4 is 17.4 Å². The summed E-state index contributed by atoms with van der Waals surface area (Å²) >= 11 is 5.87. The van der Waals surface area contributed by atoms with Gasteiger partial charge in [-0.3, -0.25) is 0 Å². The Balaban J connectivity index is 1.94. The number of anilines is 1. The molecule has 0 spiro atoms. The Morgan fingerprint density at radius 1 is 1.44 bits per heavy atom. The molecule has 1 aromatic rings. The van der Waals surface area contributed by atoms with Crippen LogP contribution in [0.1, 0.15) is 38.4 Å². The molecule has 1 aliphatic carbocycles. The zero-order chi connectivity index (χ0) is 13.2. The number of halogens is 1. The quantitative estimate of drug-likeness (QED) is 0.829. The molecule has 2 rings (SSSR count). The zero-order valence-electron chi connectivity index (χ0n) is 10.9. The monoisotopic (exact) mass is 269 g/mol. The molecule has 0 unspecified atom stereocenters. The molecule has 5 heteroatoms. The maximum Gasteiger partial charge on any atom is 0.134 e. The Bertz CT molecular complexity index is 396.